The first-order valence-electron chi connectivity index (χ1n) is 6.60. The molecule has 1 aromatic heterocycles. The highest BCUT2D eigenvalue weighted by Crippen LogP contribution is 2.37. The first kappa shape index (κ1) is 12.7. The molecule has 2 fully saturated rings. The number of sulfone groups is 1. The van der Waals surface area contributed by atoms with E-state index in [-0.39, 0.29) is 23.1 Å². The Hall–Kier alpha value is -1.37. The number of H-pyrrole nitrogens is 1. The maximum absolute atomic E-state index is 11.6. The van der Waals surface area contributed by atoms with Gasteiger partial charge >= 0.3 is 0 Å². The highest BCUT2D eigenvalue weighted by Gasteiger charge is 2.28. The van der Waals surface area contributed by atoms with Crippen LogP contribution in [0.1, 0.15) is 37.4 Å². The van der Waals surface area contributed by atoms with E-state index >= 15 is 0 Å². The zero-order valence-electron chi connectivity index (χ0n) is 10.6. The molecule has 1 unspecified atom stereocenters. The molecular formula is C12H17N3O3S. The van der Waals surface area contributed by atoms with Crippen molar-refractivity contribution in [2.45, 2.75) is 37.6 Å². The van der Waals surface area contributed by atoms with E-state index in [1.807, 2.05) is 0 Å². The third kappa shape index (κ3) is 3.15. The molecule has 0 radical (unpaired) electrons. The van der Waals surface area contributed by atoms with Gasteiger partial charge in [-0.1, -0.05) is 0 Å². The third-order valence-corrected chi connectivity index (χ3v) is 5.36. The Morgan fingerprint density at radius 2 is 2.11 bits per heavy atom. The number of hydrogen-bond acceptors (Lipinski definition) is 5. The van der Waals surface area contributed by atoms with E-state index in [2.05, 4.69) is 15.3 Å². The fourth-order valence-electron chi connectivity index (χ4n) is 2.45. The summed E-state index contributed by atoms with van der Waals surface area (Å²) in [5, 5.41) is 3.09. The Morgan fingerprint density at radius 3 is 2.79 bits per heavy atom. The molecule has 2 aliphatic rings. The van der Waals surface area contributed by atoms with E-state index in [0.717, 1.165) is 19.3 Å². The molecule has 1 saturated heterocycles. The van der Waals surface area contributed by atoms with Crippen LogP contribution in [-0.2, 0) is 9.84 Å². The van der Waals surface area contributed by atoms with Gasteiger partial charge in [0.1, 0.15) is 11.6 Å². The lowest BCUT2D eigenvalue weighted by Gasteiger charge is -2.23. The van der Waals surface area contributed by atoms with Gasteiger partial charge in [0, 0.05) is 18.0 Å². The molecule has 0 spiro atoms. The minimum Gasteiger partial charge on any atom is -0.366 e. The fourth-order valence-corrected chi connectivity index (χ4v) is 4.08. The predicted octanol–water partition coefficient (Wildman–Crippen LogP) is 0.636. The molecule has 7 heteroatoms. The van der Waals surface area contributed by atoms with Crippen LogP contribution < -0.4 is 10.9 Å². The number of aromatic amines is 1. The summed E-state index contributed by atoms with van der Waals surface area (Å²) in [6.07, 6.45) is 3.58. The maximum Gasteiger partial charge on any atom is 0.252 e. The third-order valence-electron chi connectivity index (χ3n) is 3.54. The number of nitrogens with one attached hydrogen (secondary N) is 2. The van der Waals surface area contributed by atoms with E-state index in [4.69, 9.17) is 0 Å². The van der Waals surface area contributed by atoms with Gasteiger partial charge in [0.15, 0.2) is 9.84 Å². The molecule has 19 heavy (non-hydrogen) atoms. The van der Waals surface area contributed by atoms with Gasteiger partial charge in [0.05, 0.1) is 11.5 Å². The average molecular weight is 283 g/mol. The van der Waals surface area contributed by atoms with Crippen LogP contribution in [0.3, 0.4) is 0 Å². The Balaban J connectivity index is 1.77. The standard InChI is InChI=1S/C12H17N3O3S/c16-11-6-10(14-12(15-11)8-3-4-8)13-9-2-1-5-19(17,18)7-9/h6,8-9H,1-5,7H2,(H2,13,14,15,16). The smallest absolute Gasteiger partial charge is 0.252 e. The Morgan fingerprint density at radius 1 is 1.32 bits per heavy atom. The van der Waals surface area contributed by atoms with Crippen LogP contribution in [0.2, 0.25) is 0 Å². The monoisotopic (exact) mass is 283 g/mol. The fraction of sp³-hybridized carbons (Fsp3) is 0.667. The van der Waals surface area contributed by atoms with Gasteiger partial charge in [-0.05, 0) is 25.7 Å². The summed E-state index contributed by atoms with van der Waals surface area (Å²) in [6, 6.07) is 1.26. The number of hydrogen-bond donors (Lipinski definition) is 2. The average Bonchev–Trinajstić information content (AvgIpc) is 3.10. The van der Waals surface area contributed by atoms with Crippen molar-refractivity contribution in [3.05, 3.63) is 22.2 Å². The zero-order chi connectivity index (χ0) is 13.5. The van der Waals surface area contributed by atoms with Crippen molar-refractivity contribution in [1.29, 1.82) is 0 Å². The molecule has 1 atom stereocenters. The minimum absolute atomic E-state index is 0.125. The van der Waals surface area contributed by atoms with E-state index in [1.165, 1.54) is 6.07 Å². The largest absolute Gasteiger partial charge is 0.366 e. The lowest BCUT2D eigenvalue weighted by molar-refractivity contribution is 0.561. The molecule has 2 heterocycles. The lowest BCUT2D eigenvalue weighted by Crippen LogP contribution is -2.35. The molecule has 0 aromatic carbocycles. The van der Waals surface area contributed by atoms with Gasteiger partial charge in [-0.2, -0.15) is 0 Å². The summed E-state index contributed by atoms with van der Waals surface area (Å²) in [4.78, 5) is 18.7. The van der Waals surface area contributed by atoms with Crippen molar-refractivity contribution in [2.24, 2.45) is 0 Å². The highest BCUT2D eigenvalue weighted by molar-refractivity contribution is 7.91. The van der Waals surface area contributed by atoms with Crippen LogP contribution in [0.15, 0.2) is 10.9 Å². The summed E-state index contributed by atoms with van der Waals surface area (Å²) in [6.45, 7) is 0. The second-order valence-corrected chi connectivity index (χ2v) is 7.62. The van der Waals surface area contributed by atoms with E-state index in [1.54, 1.807) is 0 Å². The van der Waals surface area contributed by atoms with Crippen molar-refractivity contribution in [3.63, 3.8) is 0 Å². The van der Waals surface area contributed by atoms with Crippen molar-refractivity contribution in [3.8, 4) is 0 Å². The van der Waals surface area contributed by atoms with Gasteiger partial charge in [0.2, 0.25) is 0 Å². The second kappa shape index (κ2) is 4.63. The molecule has 0 amide bonds. The van der Waals surface area contributed by atoms with Crippen LogP contribution in [0.5, 0.6) is 0 Å². The minimum atomic E-state index is -2.95. The van der Waals surface area contributed by atoms with E-state index in [9.17, 15) is 13.2 Å². The van der Waals surface area contributed by atoms with Gasteiger partial charge < -0.3 is 10.3 Å². The van der Waals surface area contributed by atoms with E-state index in [0.29, 0.717) is 24.0 Å². The summed E-state index contributed by atoms with van der Waals surface area (Å²) in [7, 11) is -2.95. The Bertz CT molecular complexity index is 634. The van der Waals surface area contributed by atoms with E-state index < -0.39 is 9.84 Å². The SMILES string of the molecule is O=c1cc(NC2CCCS(=O)(=O)C2)nc(C2CC2)[nH]1. The number of nitrogens with zero attached hydrogens (tertiary/aromatic N) is 1. The Kier molecular flexibility index (Phi) is 3.08. The predicted molar refractivity (Wildman–Crippen MR) is 72.1 cm³/mol. The number of rotatable bonds is 3. The maximum atomic E-state index is 11.6. The summed E-state index contributed by atoms with van der Waals surface area (Å²) in [5.74, 6) is 1.97. The van der Waals surface area contributed by atoms with Gasteiger partial charge in [0.25, 0.3) is 5.56 Å². The van der Waals surface area contributed by atoms with Crippen molar-refractivity contribution >= 4 is 15.7 Å². The molecule has 2 N–H and O–H groups in total. The van der Waals surface area contributed by atoms with Gasteiger partial charge in [-0.3, -0.25) is 4.79 Å². The summed E-state index contributed by atoms with van der Waals surface area (Å²) >= 11 is 0. The topological polar surface area (TPSA) is 91.9 Å². The molecule has 1 aliphatic heterocycles. The molecule has 3 rings (SSSR count). The molecule has 1 saturated carbocycles. The molecule has 104 valence electrons. The number of aromatic nitrogens is 2. The van der Waals surface area contributed by atoms with Crippen LogP contribution in [-0.4, -0.2) is 35.9 Å². The summed E-state index contributed by atoms with van der Waals surface area (Å²) in [5.41, 5.74) is -0.182. The van der Waals surface area contributed by atoms with Crippen LogP contribution in [0.25, 0.3) is 0 Å². The zero-order valence-corrected chi connectivity index (χ0v) is 11.4. The molecule has 6 nitrogen and oxygen atoms in total. The van der Waals surface area contributed by atoms with Crippen molar-refractivity contribution in [1.82, 2.24) is 9.97 Å². The van der Waals surface area contributed by atoms with Crippen LogP contribution >= 0.6 is 0 Å². The normalized spacial score (nSPS) is 26.0. The molecule has 0 bridgehead atoms. The van der Waals surface area contributed by atoms with Crippen LogP contribution in [0.4, 0.5) is 5.82 Å². The lowest BCUT2D eigenvalue weighted by atomic mass is 10.2. The highest BCUT2D eigenvalue weighted by atomic mass is 32.2. The molecule has 1 aromatic rings. The van der Waals surface area contributed by atoms with Crippen molar-refractivity contribution < 1.29 is 8.42 Å². The van der Waals surface area contributed by atoms with Crippen LogP contribution in [0, 0.1) is 0 Å². The summed E-state index contributed by atoms with van der Waals surface area (Å²) < 4.78 is 23.1. The molecule has 1 aliphatic carbocycles. The molecular weight excluding hydrogens is 266 g/mol. The number of anilines is 1. The Labute approximate surface area is 111 Å². The first-order valence-corrected chi connectivity index (χ1v) is 8.42. The quantitative estimate of drug-likeness (QED) is 0.849. The van der Waals surface area contributed by atoms with Crippen molar-refractivity contribution in [2.75, 3.05) is 16.8 Å². The van der Waals surface area contributed by atoms with Gasteiger partial charge in [-0.15, -0.1) is 0 Å². The van der Waals surface area contributed by atoms with Gasteiger partial charge in [-0.25, -0.2) is 13.4 Å². The second-order valence-electron chi connectivity index (χ2n) is 5.39. The first-order chi connectivity index (χ1) is 9.02.